The molecule has 10 nitrogen and oxygen atoms in total. The Morgan fingerprint density at radius 2 is 2.00 bits per heavy atom. The van der Waals surface area contributed by atoms with Gasteiger partial charge in [0.25, 0.3) is 11.5 Å². The number of nitrogens with one attached hydrogen (secondary N) is 2. The molecule has 0 unspecified atom stereocenters. The number of carbonyl (C=O) groups is 3. The van der Waals surface area contributed by atoms with Gasteiger partial charge < -0.3 is 15.5 Å². The van der Waals surface area contributed by atoms with Crippen molar-refractivity contribution < 1.29 is 14.4 Å². The van der Waals surface area contributed by atoms with Crippen molar-refractivity contribution in [3.8, 4) is 0 Å². The summed E-state index contributed by atoms with van der Waals surface area (Å²) in [6, 6.07) is 11.2. The number of fused-ring (bicyclic) bond motifs is 3. The zero-order valence-electron chi connectivity index (χ0n) is 17.1. The quantitative estimate of drug-likeness (QED) is 0.641. The van der Waals surface area contributed by atoms with Gasteiger partial charge in [-0.05, 0) is 43.2 Å². The van der Waals surface area contributed by atoms with Crippen LogP contribution in [-0.2, 0) is 16.1 Å². The average Bonchev–Trinajstić information content (AvgIpc) is 3.26. The summed E-state index contributed by atoms with van der Waals surface area (Å²) in [5.74, 6) is -0.751. The van der Waals surface area contributed by atoms with Gasteiger partial charge in [-0.3, -0.25) is 19.2 Å². The van der Waals surface area contributed by atoms with Gasteiger partial charge in [0.15, 0.2) is 0 Å². The number of anilines is 2. The Morgan fingerprint density at radius 1 is 1.16 bits per heavy atom. The number of aryl methyl sites for hydroxylation is 1. The summed E-state index contributed by atoms with van der Waals surface area (Å²) in [5.41, 5.74) is 1.41. The lowest BCUT2D eigenvalue weighted by atomic mass is 10.1. The van der Waals surface area contributed by atoms with Gasteiger partial charge >= 0.3 is 0 Å². The lowest BCUT2D eigenvalue weighted by molar-refractivity contribution is -0.119. The second-order valence-corrected chi connectivity index (χ2v) is 7.84. The summed E-state index contributed by atoms with van der Waals surface area (Å²) in [4.78, 5) is 51.9. The lowest BCUT2D eigenvalue weighted by Crippen LogP contribution is -2.40. The number of benzene rings is 2. The van der Waals surface area contributed by atoms with Crippen LogP contribution in [0.25, 0.3) is 10.9 Å². The summed E-state index contributed by atoms with van der Waals surface area (Å²) < 4.78 is 1.16. The van der Waals surface area contributed by atoms with E-state index < -0.39 is 6.04 Å². The molecule has 3 amide bonds. The Labute approximate surface area is 182 Å². The van der Waals surface area contributed by atoms with Gasteiger partial charge in [-0.15, -0.1) is 5.10 Å². The highest BCUT2D eigenvalue weighted by Crippen LogP contribution is 2.30. The molecule has 2 aliphatic rings. The summed E-state index contributed by atoms with van der Waals surface area (Å²) in [6.45, 7) is 0.604. The lowest BCUT2D eigenvalue weighted by Gasteiger charge is -2.20. The van der Waals surface area contributed by atoms with Crippen molar-refractivity contribution in [2.24, 2.45) is 0 Å². The topological polar surface area (TPSA) is 126 Å². The molecule has 162 valence electrons. The van der Waals surface area contributed by atoms with Crippen molar-refractivity contribution in [3.63, 3.8) is 0 Å². The highest BCUT2D eigenvalue weighted by atomic mass is 16.2. The molecule has 0 bridgehead atoms. The average molecular weight is 432 g/mol. The molecule has 2 N–H and O–H groups in total. The maximum atomic E-state index is 12.9. The molecule has 5 rings (SSSR count). The first-order valence-corrected chi connectivity index (χ1v) is 10.4. The van der Waals surface area contributed by atoms with Crippen molar-refractivity contribution in [1.82, 2.24) is 19.9 Å². The molecule has 1 saturated heterocycles. The monoisotopic (exact) mass is 432 g/mol. The second kappa shape index (κ2) is 7.88. The third-order valence-electron chi connectivity index (χ3n) is 5.79. The van der Waals surface area contributed by atoms with Crippen LogP contribution in [0.15, 0.2) is 47.3 Å². The van der Waals surface area contributed by atoms with E-state index in [1.54, 1.807) is 47.4 Å². The second-order valence-electron chi connectivity index (χ2n) is 7.84. The zero-order chi connectivity index (χ0) is 22.2. The van der Waals surface area contributed by atoms with E-state index in [4.69, 9.17) is 0 Å². The highest BCUT2D eigenvalue weighted by Gasteiger charge is 2.38. The van der Waals surface area contributed by atoms with E-state index in [1.165, 1.54) is 0 Å². The van der Waals surface area contributed by atoms with Crippen LogP contribution in [0.3, 0.4) is 0 Å². The van der Waals surface area contributed by atoms with E-state index in [1.807, 2.05) is 0 Å². The molecule has 2 aromatic carbocycles. The van der Waals surface area contributed by atoms with Crippen molar-refractivity contribution in [1.29, 1.82) is 0 Å². The predicted octanol–water partition coefficient (Wildman–Crippen LogP) is 1.38. The summed E-state index contributed by atoms with van der Waals surface area (Å²) in [6.07, 6.45) is 1.43. The number of hydrogen-bond donors (Lipinski definition) is 2. The Hall–Kier alpha value is -4.08. The predicted molar refractivity (Wildman–Crippen MR) is 116 cm³/mol. The van der Waals surface area contributed by atoms with Gasteiger partial charge in [0, 0.05) is 18.7 Å². The fourth-order valence-corrected chi connectivity index (χ4v) is 4.16. The van der Waals surface area contributed by atoms with Gasteiger partial charge in [0.1, 0.15) is 11.6 Å². The summed E-state index contributed by atoms with van der Waals surface area (Å²) in [5, 5.41) is 13.9. The van der Waals surface area contributed by atoms with Crippen molar-refractivity contribution >= 4 is 40.0 Å². The minimum Gasteiger partial charge on any atom is -0.327 e. The van der Waals surface area contributed by atoms with E-state index in [0.29, 0.717) is 40.8 Å². The Balaban J connectivity index is 1.30. The van der Waals surface area contributed by atoms with Crippen LogP contribution in [-0.4, -0.2) is 50.2 Å². The minimum atomic E-state index is -0.450. The molecular weight excluding hydrogens is 412 g/mol. The smallest absolute Gasteiger partial charge is 0.277 e. The molecule has 1 fully saturated rings. The van der Waals surface area contributed by atoms with Crippen molar-refractivity contribution in [2.45, 2.75) is 31.8 Å². The number of rotatable bonds is 4. The van der Waals surface area contributed by atoms with Crippen LogP contribution in [0, 0.1) is 0 Å². The third-order valence-corrected chi connectivity index (χ3v) is 5.79. The van der Waals surface area contributed by atoms with Crippen LogP contribution in [0.4, 0.5) is 11.4 Å². The van der Waals surface area contributed by atoms with E-state index in [9.17, 15) is 19.2 Å². The van der Waals surface area contributed by atoms with Gasteiger partial charge in [-0.25, -0.2) is 4.68 Å². The number of carbonyl (C=O) groups excluding carboxylic acids is 3. The molecule has 2 aliphatic heterocycles. The molecule has 0 saturated carbocycles. The van der Waals surface area contributed by atoms with E-state index in [0.717, 1.165) is 11.1 Å². The van der Waals surface area contributed by atoms with Gasteiger partial charge in [-0.1, -0.05) is 17.3 Å². The number of hydrogen-bond acceptors (Lipinski definition) is 6. The van der Waals surface area contributed by atoms with Crippen LogP contribution in [0.1, 0.15) is 29.6 Å². The third kappa shape index (κ3) is 3.49. The van der Waals surface area contributed by atoms with Crippen molar-refractivity contribution in [3.05, 3.63) is 58.4 Å². The van der Waals surface area contributed by atoms with Gasteiger partial charge in [0.05, 0.1) is 23.2 Å². The Bertz CT molecular complexity index is 1320. The van der Waals surface area contributed by atoms with Crippen LogP contribution in [0.2, 0.25) is 0 Å². The number of aromatic nitrogens is 3. The first-order chi connectivity index (χ1) is 15.5. The fourth-order valence-electron chi connectivity index (χ4n) is 4.16. The SMILES string of the molecule is O=C(CCn1nnc2ccccc2c1=O)Nc1ccc2c(c1)C(=O)N1CCC[C@H]1C(=O)N2. The largest absolute Gasteiger partial charge is 0.327 e. The standard InChI is InChI=1S/C22H20N6O4/c29-19(9-11-28-22(32)14-4-1-2-5-17(14)25-26-28)23-13-7-8-16-15(12-13)21(31)27-10-3-6-18(27)20(30)24-16/h1-2,4-5,7-8,12,18H,3,6,9-11H2,(H,23,29)(H,24,30)/t18-/m0/s1. The summed E-state index contributed by atoms with van der Waals surface area (Å²) >= 11 is 0. The molecule has 32 heavy (non-hydrogen) atoms. The molecule has 0 aliphatic carbocycles. The minimum absolute atomic E-state index is 0.00287. The van der Waals surface area contributed by atoms with Gasteiger partial charge in [-0.2, -0.15) is 0 Å². The molecule has 1 atom stereocenters. The van der Waals surface area contributed by atoms with Crippen LogP contribution < -0.4 is 16.2 Å². The Kier molecular flexibility index (Phi) is 4.89. The summed E-state index contributed by atoms with van der Waals surface area (Å²) in [7, 11) is 0. The molecular formula is C22H20N6O4. The molecule has 1 aromatic heterocycles. The maximum absolute atomic E-state index is 12.9. The van der Waals surface area contributed by atoms with Crippen molar-refractivity contribution in [2.75, 3.05) is 17.2 Å². The van der Waals surface area contributed by atoms with Crippen LogP contribution in [0.5, 0.6) is 0 Å². The molecule has 0 spiro atoms. The first kappa shape index (κ1) is 19.9. The zero-order valence-corrected chi connectivity index (χ0v) is 17.1. The molecule has 0 radical (unpaired) electrons. The number of nitrogens with zero attached hydrogens (tertiary/aromatic N) is 4. The normalized spacial score (nSPS) is 17.5. The molecule has 3 heterocycles. The van der Waals surface area contributed by atoms with E-state index in [-0.39, 0.29) is 36.2 Å². The Morgan fingerprint density at radius 3 is 2.88 bits per heavy atom. The highest BCUT2D eigenvalue weighted by molar-refractivity contribution is 6.11. The van der Waals surface area contributed by atoms with Crippen LogP contribution >= 0.6 is 0 Å². The van der Waals surface area contributed by atoms with E-state index >= 15 is 0 Å². The maximum Gasteiger partial charge on any atom is 0.277 e. The fraction of sp³-hybridized carbons (Fsp3) is 0.273. The number of amides is 3. The van der Waals surface area contributed by atoms with Gasteiger partial charge in [0.2, 0.25) is 11.8 Å². The molecule has 3 aromatic rings. The molecule has 10 heteroatoms. The van der Waals surface area contributed by atoms with E-state index in [2.05, 4.69) is 20.9 Å². The first-order valence-electron chi connectivity index (χ1n) is 10.4.